The molecule has 90 valence electrons. The second-order valence-corrected chi connectivity index (χ2v) is 5.76. The highest BCUT2D eigenvalue weighted by Gasteiger charge is 2.16. The van der Waals surface area contributed by atoms with Gasteiger partial charge >= 0.3 is 0 Å². The molecule has 0 atom stereocenters. The Morgan fingerprint density at radius 2 is 1.75 bits per heavy atom. The number of ether oxygens (including phenoxy) is 1. The van der Waals surface area contributed by atoms with Crippen molar-refractivity contribution < 1.29 is 13.2 Å². The molecule has 0 heterocycles. The lowest BCUT2D eigenvalue weighted by molar-refractivity contribution is 0.317. The van der Waals surface area contributed by atoms with Gasteiger partial charge in [-0.2, -0.15) is 0 Å². The lowest BCUT2D eigenvalue weighted by Crippen LogP contribution is -2.22. The molecule has 0 aromatic heterocycles. The summed E-state index contributed by atoms with van der Waals surface area (Å²) in [5, 5.41) is 0. The van der Waals surface area contributed by atoms with Crippen molar-refractivity contribution in [1.82, 2.24) is 4.31 Å². The van der Waals surface area contributed by atoms with E-state index in [0.717, 1.165) is 6.42 Å². The monoisotopic (exact) mass is 243 g/mol. The van der Waals surface area contributed by atoms with Crippen molar-refractivity contribution >= 4 is 10.0 Å². The maximum Gasteiger partial charge on any atom is 0.242 e. The van der Waals surface area contributed by atoms with E-state index in [-0.39, 0.29) is 4.90 Å². The molecule has 0 unspecified atom stereocenters. The highest BCUT2D eigenvalue weighted by Crippen LogP contribution is 2.18. The van der Waals surface area contributed by atoms with Crippen LogP contribution in [0.3, 0.4) is 0 Å². The summed E-state index contributed by atoms with van der Waals surface area (Å²) in [6.07, 6.45) is 0.928. The van der Waals surface area contributed by atoms with Gasteiger partial charge in [0.15, 0.2) is 0 Å². The van der Waals surface area contributed by atoms with E-state index in [4.69, 9.17) is 4.74 Å². The minimum Gasteiger partial charge on any atom is -0.494 e. The van der Waals surface area contributed by atoms with Crippen LogP contribution in [0.25, 0.3) is 0 Å². The number of nitrogens with zero attached hydrogens (tertiary/aromatic N) is 1. The molecule has 0 radical (unpaired) electrons. The minimum atomic E-state index is -3.34. The Hall–Kier alpha value is -1.07. The van der Waals surface area contributed by atoms with Crippen molar-refractivity contribution in [3.05, 3.63) is 24.3 Å². The summed E-state index contributed by atoms with van der Waals surface area (Å²) in [6, 6.07) is 6.46. The lowest BCUT2D eigenvalue weighted by Gasteiger charge is -2.11. The second-order valence-electron chi connectivity index (χ2n) is 3.61. The van der Waals surface area contributed by atoms with Gasteiger partial charge in [-0.25, -0.2) is 12.7 Å². The van der Waals surface area contributed by atoms with Gasteiger partial charge in [-0.3, -0.25) is 0 Å². The summed E-state index contributed by atoms with van der Waals surface area (Å²) in [5.41, 5.74) is 0. The molecule has 16 heavy (non-hydrogen) atoms. The van der Waals surface area contributed by atoms with Crippen molar-refractivity contribution in [2.45, 2.75) is 18.2 Å². The van der Waals surface area contributed by atoms with Gasteiger partial charge in [-0.15, -0.1) is 0 Å². The fraction of sp³-hybridized carbons (Fsp3) is 0.455. The first kappa shape index (κ1) is 13.0. The van der Waals surface area contributed by atoms with E-state index in [1.807, 2.05) is 6.92 Å². The maximum absolute atomic E-state index is 11.7. The van der Waals surface area contributed by atoms with Crippen molar-refractivity contribution in [3.63, 3.8) is 0 Å². The van der Waals surface area contributed by atoms with E-state index >= 15 is 0 Å². The van der Waals surface area contributed by atoms with Crippen LogP contribution in [0.1, 0.15) is 13.3 Å². The third kappa shape index (κ3) is 2.96. The van der Waals surface area contributed by atoms with Crippen LogP contribution in [-0.4, -0.2) is 33.4 Å². The first-order valence-electron chi connectivity index (χ1n) is 5.14. The van der Waals surface area contributed by atoms with Gasteiger partial charge in [0.05, 0.1) is 11.5 Å². The van der Waals surface area contributed by atoms with Crippen LogP contribution in [0.5, 0.6) is 5.75 Å². The van der Waals surface area contributed by atoms with Crippen LogP contribution in [0.4, 0.5) is 0 Å². The number of hydrogen-bond acceptors (Lipinski definition) is 3. The summed E-state index contributed by atoms with van der Waals surface area (Å²) in [6.45, 7) is 2.66. The number of benzene rings is 1. The molecule has 0 saturated heterocycles. The molecule has 1 rings (SSSR count). The lowest BCUT2D eigenvalue weighted by atomic mass is 10.3. The van der Waals surface area contributed by atoms with E-state index < -0.39 is 10.0 Å². The summed E-state index contributed by atoms with van der Waals surface area (Å²) in [4.78, 5) is 0.279. The molecule has 0 saturated carbocycles. The highest BCUT2D eigenvalue weighted by molar-refractivity contribution is 7.89. The molecule has 0 spiro atoms. The van der Waals surface area contributed by atoms with Gasteiger partial charge in [-0.1, -0.05) is 6.92 Å². The molecule has 1 aromatic carbocycles. The first-order chi connectivity index (χ1) is 7.48. The van der Waals surface area contributed by atoms with E-state index in [1.165, 1.54) is 18.4 Å². The topological polar surface area (TPSA) is 46.6 Å². The smallest absolute Gasteiger partial charge is 0.242 e. The summed E-state index contributed by atoms with van der Waals surface area (Å²) in [5.74, 6) is 0.694. The fourth-order valence-corrected chi connectivity index (χ4v) is 2.04. The van der Waals surface area contributed by atoms with Gasteiger partial charge in [0.1, 0.15) is 5.75 Å². The molecule has 0 aliphatic carbocycles. The second kappa shape index (κ2) is 5.32. The zero-order valence-electron chi connectivity index (χ0n) is 9.80. The average Bonchev–Trinajstić information content (AvgIpc) is 2.26. The molecular formula is C11H17NO3S. The van der Waals surface area contributed by atoms with E-state index in [9.17, 15) is 8.42 Å². The standard InChI is InChI=1S/C11H17NO3S/c1-4-9-15-10-5-7-11(8-6-10)16(13,14)12(2)3/h5-8H,4,9H2,1-3H3. The van der Waals surface area contributed by atoms with Crippen LogP contribution < -0.4 is 4.74 Å². The Bertz CT molecular complexity index is 423. The Morgan fingerprint density at radius 3 is 2.19 bits per heavy atom. The summed E-state index contributed by atoms with van der Waals surface area (Å²) >= 11 is 0. The molecule has 0 aliphatic rings. The minimum absolute atomic E-state index is 0.279. The normalized spacial score (nSPS) is 11.8. The third-order valence-corrected chi connectivity index (χ3v) is 3.90. The van der Waals surface area contributed by atoms with Gasteiger partial charge < -0.3 is 4.74 Å². The molecule has 5 heteroatoms. The zero-order valence-corrected chi connectivity index (χ0v) is 10.6. The van der Waals surface area contributed by atoms with Crippen LogP contribution in [0, 0.1) is 0 Å². The molecule has 0 N–H and O–H groups in total. The summed E-state index contributed by atoms with van der Waals surface area (Å²) < 4.78 is 30.0. The van der Waals surface area contributed by atoms with Crippen LogP contribution in [0.2, 0.25) is 0 Å². The Balaban J connectivity index is 2.87. The van der Waals surface area contributed by atoms with E-state index in [1.54, 1.807) is 24.3 Å². The molecule has 4 nitrogen and oxygen atoms in total. The molecule has 0 fully saturated rings. The van der Waals surface area contributed by atoms with Gasteiger partial charge in [0.2, 0.25) is 10.0 Å². The highest BCUT2D eigenvalue weighted by atomic mass is 32.2. The predicted octanol–water partition coefficient (Wildman–Crippen LogP) is 1.73. The molecule has 0 amide bonds. The number of hydrogen-bond donors (Lipinski definition) is 0. The van der Waals surface area contributed by atoms with E-state index in [0.29, 0.717) is 12.4 Å². The van der Waals surface area contributed by atoms with Gasteiger partial charge in [0.25, 0.3) is 0 Å². The van der Waals surface area contributed by atoms with Crippen LogP contribution in [-0.2, 0) is 10.0 Å². The van der Waals surface area contributed by atoms with Gasteiger partial charge in [0, 0.05) is 14.1 Å². The van der Waals surface area contributed by atoms with Crippen molar-refractivity contribution in [3.8, 4) is 5.75 Å². The Morgan fingerprint density at radius 1 is 1.19 bits per heavy atom. The SMILES string of the molecule is CCCOc1ccc(S(=O)(=O)N(C)C)cc1. The Kier molecular flexibility index (Phi) is 4.32. The largest absolute Gasteiger partial charge is 0.494 e. The number of sulfonamides is 1. The molecule has 1 aromatic rings. The van der Waals surface area contributed by atoms with Crippen molar-refractivity contribution in [1.29, 1.82) is 0 Å². The van der Waals surface area contributed by atoms with Crippen LogP contribution >= 0.6 is 0 Å². The number of rotatable bonds is 5. The predicted molar refractivity (Wildman–Crippen MR) is 63.1 cm³/mol. The summed E-state index contributed by atoms with van der Waals surface area (Å²) in [7, 11) is -0.315. The first-order valence-corrected chi connectivity index (χ1v) is 6.58. The quantitative estimate of drug-likeness (QED) is 0.791. The average molecular weight is 243 g/mol. The molecular weight excluding hydrogens is 226 g/mol. The molecule has 0 aliphatic heterocycles. The van der Waals surface area contributed by atoms with E-state index in [2.05, 4.69) is 0 Å². The van der Waals surface area contributed by atoms with Crippen molar-refractivity contribution in [2.75, 3.05) is 20.7 Å². The van der Waals surface area contributed by atoms with Gasteiger partial charge in [-0.05, 0) is 30.7 Å². The zero-order chi connectivity index (χ0) is 12.2. The maximum atomic E-state index is 11.7. The van der Waals surface area contributed by atoms with Crippen molar-refractivity contribution in [2.24, 2.45) is 0 Å². The molecule has 0 bridgehead atoms. The fourth-order valence-electron chi connectivity index (χ4n) is 1.14. The van der Waals surface area contributed by atoms with Crippen LogP contribution in [0.15, 0.2) is 29.2 Å². The Labute approximate surface area is 96.9 Å². The third-order valence-electron chi connectivity index (χ3n) is 2.08.